The Labute approximate surface area is 290 Å². The first-order valence-electron chi connectivity index (χ1n) is 17.2. The van der Waals surface area contributed by atoms with Gasteiger partial charge < -0.3 is 14.2 Å². The highest BCUT2D eigenvalue weighted by molar-refractivity contribution is 7.00. The molecule has 0 unspecified atom stereocenters. The molecule has 232 valence electrons. The molecule has 2 aliphatic rings. The van der Waals surface area contributed by atoms with E-state index in [0.29, 0.717) is 0 Å². The molecule has 8 aromatic carbocycles. The summed E-state index contributed by atoms with van der Waals surface area (Å²) in [6, 6.07) is 63.8. The Morgan fingerprint density at radius 1 is 0.420 bits per heavy atom. The van der Waals surface area contributed by atoms with E-state index in [1.807, 2.05) is 0 Å². The van der Waals surface area contributed by atoms with Gasteiger partial charge in [0, 0.05) is 50.5 Å². The molecule has 0 aliphatic carbocycles. The molecule has 0 radical (unpaired) electrons. The van der Waals surface area contributed by atoms with Crippen molar-refractivity contribution in [3.63, 3.8) is 0 Å². The maximum absolute atomic E-state index is 6.43. The fourth-order valence-electron chi connectivity index (χ4n) is 8.50. The second-order valence-electron chi connectivity index (χ2n) is 13.3. The van der Waals surface area contributed by atoms with Crippen LogP contribution in [0, 0.1) is 0 Å². The van der Waals surface area contributed by atoms with Gasteiger partial charge >= 0.3 is 0 Å². The molecule has 9 aromatic rings. The highest BCUT2D eigenvalue weighted by Crippen LogP contribution is 2.47. The molecule has 1 aromatic heterocycles. The Morgan fingerprint density at radius 2 is 1.02 bits per heavy atom. The molecule has 11 rings (SSSR count). The Bertz CT molecular complexity index is 2790. The van der Waals surface area contributed by atoms with Gasteiger partial charge in [-0.2, -0.15) is 0 Å². The van der Waals surface area contributed by atoms with E-state index in [4.69, 9.17) is 4.42 Å². The van der Waals surface area contributed by atoms with Crippen LogP contribution < -0.4 is 26.2 Å². The van der Waals surface area contributed by atoms with Crippen LogP contribution in [0.25, 0.3) is 43.8 Å². The van der Waals surface area contributed by atoms with Crippen molar-refractivity contribution in [2.45, 2.75) is 0 Å². The Balaban J connectivity index is 1.20. The molecule has 0 amide bonds. The van der Waals surface area contributed by atoms with Crippen molar-refractivity contribution >= 4 is 89.9 Å². The lowest BCUT2D eigenvalue weighted by atomic mass is 9.33. The van der Waals surface area contributed by atoms with Gasteiger partial charge in [-0.05, 0) is 99.5 Å². The molecule has 3 heterocycles. The minimum Gasteiger partial charge on any atom is -0.456 e. The van der Waals surface area contributed by atoms with Crippen LogP contribution >= 0.6 is 0 Å². The summed E-state index contributed by atoms with van der Waals surface area (Å²) in [5.74, 6) is 0. The average molecular weight is 637 g/mol. The SMILES string of the molecule is c1ccc(N2c3ccccc3B3c4cccc(-c5ccc6oc7cc8ccccc8cc7c6c5)c4N(c4ccccc4)c4cccc2c43)cc1. The quantitative estimate of drug-likeness (QED) is 0.180. The topological polar surface area (TPSA) is 19.6 Å². The van der Waals surface area contributed by atoms with Crippen LogP contribution in [0.2, 0.25) is 0 Å². The summed E-state index contributed by atoms with van der Waals surface area (Å²) in [6.07, 6.45) is 0. The normalized spacial score (nSPS) is 13.1. The minimum absolute atomic E-state index is 0.0668. The van der Waals surface area contributed by atoms with Crippen LogP contribution in [0.15, 0.2) is 180 Å². The number of rotatable bonds is 3. The fourth-order valence-corrected chi connectivity index (χ4v) is 8.50. The molecule has 0 N–H and O–H groups in total. The number of hydrogen-bond acceptors (Lipinski definition) is 3. The van der Waals surface area contributed by atoms with Crippen LogP contribution in [-0.2, 0) is 0 Å². The van der Waals surface area contributed by atoms with Gasteiger partial charge in [-0.25, -0.2) is 0 Å². The third-order valence-corrected chi connectivity index (χ3v) is 10.6. The van der Waals surface area contributed by atoms with E-state index in [0.717, 1.165) is 33.3 Å². The number of fused-ring (bicyclic) bond motifs is 8. The third kappa shape index (κ3) is 3.87. The zero-order valence-electron chi connectivity index (χ0n) is 27.1. The molecule has 3 nitrogen and oxygen atoms in total. The summed E-state index contributed by atoms with van der Waals surface area (Å²) in [4.78, 5) is 4.92. The summed E-state index contributed by atoms with van der Waals surface area (Å²) < 4.78 is 6.43. The van der Waals surface area contributed by atoms with Gasteiger partial charge in [0.2, 0.25) is 0 Å². The third-order valence-electron chi connectivity index (χ3n) is 10.6. The molecule has 0 saturated carbocycles. The van der Waals surface area contributed by atoms with E-state index in [2.05, 4.69) is 186 Å². The van der Waals surface area contributed by atoms with Gasteiger partial charge in [0.25, 0.3) is 6.71 Å². The number of anilines is 6. The fraction of sp³-hybridized carbons (Fsp3) is 0. The second kappa shape index (κ2) is 10.5. The first kappa shape index (κ1) is 27.4. The van der Waals surface area contributed by atoms with Crippen molar-refractivity contribution in [1.82, 2.24) is 0 Å². The molecule has 0 fully saturated rings. The summed E-state index contributed by atoms with van der Waals surface area (Å²) in [5.41, 5.74) is 15.3. The lowest BCUT2D eigenvalue weighted by Crippen LogP contribution is -2.61. The number of nitrogens with zero attached hydrogens (tertiary/aromatic N) is 2. The first-order chi connectivity index (χ1) is 24.8. The van der Waals surface area contributed by atoms with Crippen molar-refractivity contribution < 1.29 is 4.42 Å². The van der Waals surface area contributed by atoms with Gasteiger partial charge in [-0.1, -0.05) is 109 Å². The van der Waals surface area contributed by atoms with Crippen molar-refractivity contribution in [3.05, 3.63) is 176 Å². The molecule has 0 bridgehead atoms. The van der Waals surface area contributed by atoms with Crippen molar-refractivity contribution in [2.75, 3.05) is 9.80 Å². The van der Waals surface area contributed by atoms with E-state index in [-0.39, 0.29) is 6.71 Å². The molecule has 0 saturated heterocycles. The van der Waals surface area contributed by atoms with Gasteiger partial charge in [-0.15, -0.1) is 0 Å². The minimum atomic E-state index is 0.0668. The van der Waals surface area contributed by atoms with Crippen molar-refractivity contribution in [3.8, 4) is 11.1 Å². The lowest BCUT2D eigenvalue weighted by molar-refractivity contribution is 0.669. The average Bonchev–Trinajstić information content (AvgIpc) is 3.54. The van der Waals surface area contributed by atoms with E-state index < -0.39 is 0 Å². The van der Waals surface area contributed by atoms with Crippen molar-refractivity contribution in [1.29, 1.82) is 0 Å². The van der Waals surface area contributed by atoms with Crippen LogP contribution in [0.4, 0.5) is 34.1 Å². The van der Waals surface area contributed by atoms with E-state index in [1.54, 1.807) is 0 Å². The molecule has 4 heteroatoms. The molecular weight excluding hydrogens is 607 g/mol. The number of hydrogen-bond donors (Lipinski definition) is 0. The van der Waals surface area contributed by atoms with Gasteiger partial charge in [-0.3, -0.25) is 0 Å². The van der Waals surface area contributed by atoms with Crippen LogP contribution in [0.5, 0.6) is 0 Å². The summed E-state index contributed by atoms with van der Waals surface area (Å²) >= 11 is 0. The first-order valence-corrected chi connectivity index (χ1v) is 17.2. The van der Waals surface area contributed by atoms with Crippen LogP contribution in [-0.4, -0.2) is 6.71 Å². The number of para-hydroxylation sites is 4. The molecule has 0 spiro atoms. The van der Waals surface area contributed by atoms with Crippen molar-refractivity contribution in [2.24, 2.45) is 0 Å². The van der Waals surface area contributed by atoms with Crippen LogP contribution in [0.3, 0.4) is 0 Å². The highest BCUT2D eigenvalue weighted by atomic mass is 16.3. The summed E-state index contributed by atoms with van der Waals surface area (Å²) in [6.45, 7) is 0.0668. The van der Waals surface area contributed by atoms with E-state index >= 15 is 0 Å². The maximum atomic E-state index is 6.43. The van der Waals surface area contributed by atoms with E-state index in [1.165, 1.54) is 61.0 Å². The summed E-state index contributed by atoms with van der Waals surface area (Å²) in [7, 11) is 0. The van der Waals surface area contributed by atoms with E-state index in [9.17, 15) is 0 Å². The van der Waals surface area contributed by atoms with Crippen LogP contribution in [0.1, 0.15) is 0 Å². The number of benzene rings is 8. The Kier molecular flexibility index (Phi) is 5.76. The predicted octanol–water partition coefficient (Wildman–Crippen LogP) is 10.5. The maximum Gasteiger partial charge on any atom is 0.252 e. The molecule has 50 heavy (non-hydrogen) atoms. The van der Waals surface area contributed by atoms with Gasteiger partial charge in [0.15, 0.2) is 0 Å². The van der Waals surface area contributed by atoms with Gasteiger partial charge in [0.05, 0.1) is 0 Å². The highest BCUT2D eigenvalue weighted by Gasteiger charge is 2.43. The zero-order chi connectivity index (χ0) is 32.8. The monoisotopic (exact) mass is 636 g/mol. The second-order valence-corrected chi connectivity index (χ2v) is 13.3. The lowest BCUT2D eigenvalue weighted by Gasteiger charge is -2.44. The summed E-state index contributed by atoms with van der Waals surface area (Å²) in [5, 5.41) is 4.68. The predicted molar refractivity (Wildman–Crippen MR) is 211 cm³/mol. The standard InChI is InChI=1S/C46H29BN2O/c1-3-15-33(16-4-1)48-40-22-10-9-20-38(40)47-39-21-11-19-35(46(39)49(34-17-5-2-6-18-34)42-24-12-23-41(48)45(42)47)32-25-26-43-36(28-32)37-27-30-13-7-8-14-31(30)29-44(37)50-43/h1-29H. The Hall–Kier alpha value is -6.52. The molecule has 0 atom stereocenters. The molecule has 2 aliphatic heterocycles. The molecular formula is C46H29BN2O. The smallest absolute Gasteiger partial charge is 0.252 e. The van der Waals surface area contributed by atoms with Gasteiger partial charge in [0.1, 0.15) is 11.2 Å². The Morgan fingerprint density at radius 3 is 1.82 bits per heavy atom. The number of furan rings is 1. The largest absolute Gasteiger partial charge is 0.456 e. The zero-order valence-corrected chi connectivity index (χ0v) is 27.1.